The molecule has 2 nitrogen and oxygen atoms in total. The fourth-order valence-corrected chi connectivity index (χ4v) is 2.95. The van der Waals surface area contributed by atoms with Crippen LogP contribution < -0.4 is 5.84 Å². The average Bonchev–Trinajstić information content (AvgIpc) is 2.30. The molecule has 0 saturated heterocycles. The molecule has 3 unspecified atom stereocenters. The van der Waals surface area contributed by atoms with E-state index in [9.17, 15) is 0 Å². The van der Waals surface area contributed by atoms with Gasteiger partial charge in [0, 0.05) is 18.0 Å². The number of fused-ring (bicyclic) bond motifs is 1. The van der Waals surface area contributed by atoms with Gasteiger partial charge in [0.1, 0.15) is 0 Å². The second-order valence-electron chi connectivity index (χ2n) is 5.37. The summed E-state index contributed by atoms with van der Waals surface area (Å²) >= 11 is 0. The summed E-state index contributed by atoms with van der Waals surface area (Å²) in [6.07, 6.45) is 6.30. The van der Waals surface area contributed by atoms with Gasteiger partial charge in [0.05, 0.1) is 0 Å². The van der Waals surface area contributed by atoms with Gasteiger partial charge in [-0.3, -0.25) is 5.84 Å². The Bertz CT molecular complexity index is 259. The van der Waals surface area contributed by atoms with Crippen molar-refractivity contribution < 1.29 is 0 Å². The zero-order valence-corrected chi connectivity index (χ0v) is 11.6. The van der Waals surface area contributed by atoms with Gasteiger partial charge < -0.3 is 0 Å². The monoisotopic (exact) mass is 224 g/mol. The zero-order chi connectivity index (χ0) is 12.3. The highest BCUT2D eigenvalue weighted by Gasteiger charge is 2.42. The van der Waals surface area contributed by atoms with E-state index in [1.165, 1.54) is 19.3 Å². The third-order valence-corrected chi connectivity index (χ3v) is 4.43. The SMILES string of the molecule is CC.CC1CCC2(C)C(=CCN(N)C2C)C1. The molecule has 3 atom stereocenters. The summed E-state index contributed by atoms with van der Waals surface area (Å²) in [7, 11) is 0. The first-order valence-electron chi connectivity index (χ1n) is 6.75. The van der Waals surface area contributed by atoms with Crippen molar-refractivity contribution in [3.63, 3.8) is 0 Å². The predicted octanol–water partition coefficient (Wildman–Crippen LogP) is 3.34. The van der Waals surface area contributed by atoms with Crippen LogP contribution in [-0.2, 0) is 0 Å². The minimum atomic E-state index is 0.347. The lowest BCUT2D eigenvalue weighted by Crippen LogP contribution is -2.53. The Balaban J connectivity index is 0.000000606. The van der Waals surface area contributed by atoms with Gasteiger partial charge in [0.15, 0.2) is 0 Å². The highest BCUT2D eigenvalue weighted by atomic mass is 15.4. The first-order chi connectivity index (χ1) is 7.54. The first kappa shape index (κ1) is 13.7. The molecule has 2 N–H and O–H groups in total. The third-order valence-electron chi connectivity index (χ3n) is 4.43. The van der Waals surface area contributed by atoms with Crippen molar-refractivity contribution in [1.82, 2.24) is 5.01 Å². The van der Waals surface area contributed by atoms with Gasteiger partial charge in [-0.2, -0.15) is 0 Å². The predicted molar refractivity (Wildman–Crippen MR) is 70.9 cm³/mol. The van der Waals surface area contributed by atoms with Crippen LogP contribution in [0.25, 0.3) is 0 Å². The van der Waals surface area contributed by atoms with Crippen LogP contribution >= 0.6 is 0 Å². The Kier molecular flexibility index (Phi) is 4.57. The lowest BCUT2D eigenvalue weighted by molar-refractivity contribution is 0.0778. The van der Waals surface area contributed by atoms with E-state index in [0.29, 0.717) is 11.5 Å². The number of hydrazine groups is 1. The van der Waals surface area contributed by atoms with Crippen LogP contribution in [0.4, 0.5) is 0 Å². The van der Waals surface area contributed by atoms with E-state index in [4.69, 9.17) is 5.84 Å². The lowest BCUT2D eigenvalue weighted by atomic mass is 9.63. The molecule has 2 heteroatoms. The van der Waals surface area contributed by atoms with Crippen molar-refractivity contribution in [3.05, 3.63) is 11.6 Å². The Morgan fingerprint density at radius 3 is 2.62 bits per heavy atom. The van der Waals surface area contributed by atoms with Crippen LogP contribution in [0.15, 0.2) is 11.6 Å². The van der Waals surface area contributed by atoms with Gasteiger partial charge in [-0.05, 0) is 32.1 Å². The first-order valence-corrected chi connectivity index (χ1v) is 6.75. The fourth-order valence-electron chi connectivity index (χ4n) is 2.95. The number of nitrogens with zero attached hydrogens (tertiary/aromatic N) is 1. The maximum absolute atomic E-state index is 5.99. The van der Waals surface area contributed by atoms with Crippen molar-refractivity contribution in [2.75, 3.05) is 6.54 Å². The Morgan fingerprint density at radius 2 is 2.00 bits per heavy atom. The maximum atomic E-state index is 5.99. The second kappa shape index (κ2) is 5.33. The van der Waals surface area contributed by atoms with Crippen molar-refractivity contribution in [2.24, 2.45) is 17.2 Å². The summed E-state index contributed by atoms with van der Waals surface area (Å²) in [5.41, 5.74) is 2.00. The molecule has 1 aliphatic heterocycles. The molecule has 94 valence electrons. The summed E-state index contributed by atoms with van der Waals surface area (Å²) in [4.78, 5) is 0. The molecule has 0 amide bonds. The van der Waals surface area contributed by atoms with E-state index in [1.54, 1.807) is 5.57 Å². The van der Waals surface area contributed by atoms with Crippen molar-refractivity contribution in [1.29, 1.82) is 0 Å². The molecule has 2 aliphatic rings. The van der Waals surface area contributed by atoms with Crippen molar-refractivity contribution in [3.8, 4) is 0 Å². The molecule has 0 aromatic rings. The number of hydrogen-bond donors (Lipinski definition) is 1. The summed E-state index contributed by atoms with van der Waals surface area (Å²) in [5.74, 6) is 6.86. The molecule has 0 radical (unpaired) electrons. The number of hydrogen-bond acceptors (Lipinski definition) is 2. The standard InChI is InChI=1S/C12H22N2.C2H6/c1-9-4-6-12(3)10(2)14(13)7-5-11(12)8-9;1-2/h5,9-10H,4,6-8,13H2,1-3H3;1-2H3. The zero-order valence-electron chi connectivity index (χ0n) is 11.6. The molecule has 1 aliphatic carbocycles. The Labute approximate surface area is 101 Å². The van der Waals surface area contributed by atoms with Crippen LogP contribution in [-0.4, -0.2) is 17.6 Å². The van der Waals surface area contributed by atoms with Crippen molar-refractivity contribution >= 4 is 0 Å². The summed E-state index contributed by atoms with van der Waals surface area (Å²) in [6, 6.07) is 0.495. The minimum Gasteiger partial charge on any atom is -0.268 e. The van der Waals surface area contributed by atoms with Crippen LogP contribution in [0.5, 0.6) is 0 Å². The van der Waals surface area contributed by atoms with E-state index in [2.05, 4.69) is 26.8 Å². The summed E-state index contributed by atoms with van der Waals surface area (Å²) in [5, 5.41) is 1.99. The molecule has 0 aromatic heterocycles. The quantitative estimate of drug-likeness (QED) is 0.505. The van der Waals surface area contributed by atoms with Gasteiger partial charge in [0.2, 0.25) is 0 Å². The smallest absolute Gasteiger partial charge is 0.0315 e. The maximum Gasteiger partial charge on any atom is 0.0315 e. The topological polar surface area (TPSA) is 29.3 Å². The molecule has 16 heavy (non-hydrogen) atoms. The molecule has 0 spiro atoms. The fraction of sp³-hybridized carbons (Fsp3) is 0.857. The molecule has 1 fully saturated rings. The van der Waals surface area contributed by atoms with Gasteiger partial charge in [0.25, 0.3) is 0 Å². The Hall–Kier alpha value is -0.340. The highest BCUT2D eigenvalue weighted by Crippen LogP contribution is 2.47. The molecule has 1 saturated carbocycles. The van der Waals surface area contributed by atoms with E-state index < -0.39 is 0 Å². The minimum absolute atomic E-state index is 0.347. The molecular formula is C14H28N2. The van der Waals surface area contributed by atoms with Gasteiger partial charge >= 0.3 is 0 Å². The van der Waals surface area contributed by atoms with E-state index in [0.717, 1.165) is 12.5 Å². The summed E-state index contributed by atoms with van der Waals surface area (Å²) < 4.78 is 0. The Morgan fingerprint density at radius 1 is 1.38 bits per heavy atom. The van der Waals surface area contributed by atoms with E-state index in [-0.39, 0.29) is 0 Å². The molecule has 2 rings (SSSR count). The van der Waals surface area contributed by atoms with Crippen LogP contribution in [0.1, 0.15) is 53.9 Å². The van der Waals surface area contributed by atoms with E-state index in [1.807, 2.05) is 18.9 Å². The molecular weight excluding hydrogens is 196 g/mol. The van der Waals surface area contributed by atoms with Crippen LogP contribution in [0.2, 0.25) is 0 Å². The lowest BCUT2D eigenvalue weighted by Gasteiger charge is -2.49. The van der Waals surface area contributed by atoms with Crippen molar-refractivity contribution in [2.45, 2.75) is 59.9 Å². The third kappa shape index (κ3) is 2.33. The normalized spacial score (nSPS) is 39.2. The number of nitrogens with two attached hydrogens (primary N) is 1. The molecule has 0 bridgehead atoms. The van der Waals surface area contributed by atoms with E-state index >= 15 is 0 Å². The van der Waals surface area contributed by atoms with Crippen LogP contribution in [0, 0.1) is 11.3 Å². The van der Waals surface area contributed by atoms with Crippen LogP contribution in [0.3, 0.4) is 0 Å². The average molecular weight is 224 g/mol. The summed E-state index contributed by atoms with van der Waals surface area (Å²) in [6.45, 7) is 11.9. The molecule has 1 heterocycles. The van der Waals surface area contributed by atoms with Gasteiger partial charge in [-0.1, -0.05) is 39.3 Å². The van der Waals surface area contributed by atoms with Gasteiger partial charge in [-0.25, -0.2) is 5.01 Å². The van der Waals surface area contributed by atoms with Gasteiger partial charge in [-0.15, -0.1) is 0 Å². The largest absolute Gasteiger partial charge is 0.268 e. The molecule has 0 aromatic carbocycles. The number of rotatable bonds is 0. The highest BCUT2D eigenvalue weighted by molar-refractivity contribution is 5.23. The second-order valence-corrected chi connectivity index (χ2v) is 5.37.